The highest BCUT2D eigenvalue weighted by molar-refractivity contribution is 5.47. The van der Waals surface area contributed by atoms with Crippen molar-refractivity contribution in [3.05, 3.63) is 47.5 Å². The second kappa shape index (κ2) is 2.22. The van der Waals surface area contributed by atoms with Crippen LogP contribution in [-0.4, -0.2) is 11.7 Å². The highest BCUT2D eigenvalue weighted by Crippen LogP contribution is 2.49. The van der Waals surface area contributed by atoms with E-state index in [0.717, 1.165) is 5.56 Å². The highest BCUT2D eigenvalue weighted by atomic mass is 16.5. The van der Waals surface area contributed by atoms with E-state index in [1.807, 2.05) is 30.4 Å². The summed E-state index contributed by atoms with van der Waals surface area (Å²) in [6, 6.07) is 8.06. The molecule has 0 amide bonds. The zero-order valence-electron chi connectivity index (χ0n) is 7.10. The fourth-order valence-electron chi connectivity index (χ4n) is 2.17. The van der Waals surface area contributed by atoms with Crippen LogP contribution in [0.2, 0.25) is 0 Å². The average Bonchev–Trinajstić information content (AvgIpc) is 2.75. The summed E-state index contributed by atoms with van der Waals surface area (Å²) < 4.78 is 5.72. The van der Waals surface area contributed by atoms with Crippen molar-refractivity contribution in [1.29, 1.82) is 0 Å². The van der Waals surface area contributed by atoms with E-state index < -0.39 is 5.60 Å². The number of aliphatic hydroxyl groups excluding tert-OH is 1. The zero-order valence-corrected chi connectivity index (χ0v) is 7.10. The lowest BCUT2D eigenvalue weighted by Crippen LogP contribution is -2.25. The third-order valence-electron chi connectivity index (χ3n) is 2.84. The topological polar surface area (TPSA) is 29.5 Å². The van der Waals surface area contributed by atoms with Crippen LogP contribution < -0.4 is 0 Å². The van der Waals surface area contributed by atoms with Gasteiger partial charge in [-0.25, -0.2) is 0 Å². The largest absolute Gasteiger partial charge is 0.393 e. The molecule has 0 aromatic heterocycles. The lowest BCUT2D eigenvalue weighted by molar-refractivity contribution is -0.0394. The number of ether oxygens (including phenoxy) is 1. The molecule has 2 atom stereocenters. The predicted octanol–water partition coefficient (Wildman–Crippen LogP) is 1.52. The van der Waals surface area contributed by atoms with E-state index in [1.54, 1.807) is 0 Å². The molecule has 13 heavy (non-hydrogen) atoms. The Hall–Kier alpha value is -1.12. The zero-order chi connectivity index (χ0) is 8.89. The number of rotatable bonds is 1. The van der Waals surface area contributed by atoms with E-state index >= 15 is 0 Å². The van der Waals surface area contributed by atoms with Gasteiger partial charge in [0.25, 0.3) is 0 Å². The minimum absolute atomic E-state index is 0.0248. The molecule has 2 aliphatic heterocycles. The van der Waals surface area contributed by atoms with E-state index in [0.29, 0.717) is 0 Å². The molecule has 0 radical (unpaired) electrons. The van der Waals surface area contributed by atoms with Crippen LogP contribution in [-0.2, 0) is 10.3 Å². The summed E-state index contributed by atoms with van der Waals surface area (Å²) in [4.78, 5) is 0. The van der Waals surface area contributed by atoms with Gasteiger partial charge in [0.2, 0.25) is 0 Å². The quantitative estimate of drug-likeness (QED) is 0.654. The van der Waals surface area contributed by atoms with Crippen LogP contribution in [0.15, 0.2) is 36.4 Å². The maximum atomic E-state index is 9.31. The summed E-state index contributed by atoms with van der Waals surface area (Å²) in [5.74, 6) is 0. The molecule has 2 bridgehead atoms. The second-order valence-electron chi connectivity index (χ2n) is 3.53. The summed E-state index contributed by atoms with van der Waals surface area (Å²) in [5, 5.41) is 9.31. The lowest BCUT2D eigenvalue weighted by atomic mass is 9.88. The third-order valence-corrected chi connectivity index (χ3v) is 2.84. The van der Waals surface area contributed by atoms with Crippen LogP contribution in [0.3, 0.4) is 0 Å². The van der Waals surface area contributed by atoms with Gasteiger partial charge in [0.15, 0.2) is 0 Å². The first-order chi connectivity index (χ1) is 6.36. The van der Waals surface area contributed by atoms with Crippen molar-refractivity contribution >= 4 is 0 Å². The fourth-order valence-corrected chi connectivity index (χ4v) is 2.17. The Morgan fingerprint density at radius 2 is 2.23 bits per heavy atom. The van der Waals surface area contributed by atoms with Gasteiger partial charge >= 0.3 is 0 Å². The van der Waals surface area contributed by atoms with Crippen LogP contribution in [0, 0.1) is 0 Å². The van der Waals surface area contributed by atoms with Crippen molar-refractivity contribution in [2.75, 3.05) is 6.61 Å². The number of benzene rings is 1. The number of fused-ring (bicyclic) bond motifs is 5. The van der Waals surface area contributed by atoms with Crippen LogP contribution in [0.4, 0.5) is 0 Å². The van der Waals surface area contributed by atoms with Crippen molar-refractivity contribution in [3.8, 4) is 0 Å². The lowest BCUT2D eigenvalue weighted by Gasteiger charge is -2.20. The van der Waals surface area contributed by atoms with Crippen molar-refractivity contribution in [2.24, 2.45) is 0 Å². The monoisotopic (exact) mass is 174 g/mol. The highest BCUT2D eigenvalue weighted by Gasteiger charge is 2.45. The molecule has 66 valence electrons. The van der Waals surface area contributed by atoms with Gasteiger partial charge in [-0.05, 0) is 17.2 Å². The molecule has 1 aromatic rings. The first kappa shape index (κ1) is 7.30. The molecule has 2 nitrogen and oxygen atoms in total. The van der Waals surface area contributed by atoms with Crippen LogP contribution >= 0.6 is 0 Å². The molecule has 3 rings (SSSR count). The van der Waals surface area contributed by atoms with Crippen molar-refractivity contribution in [2.45, 2.75) is 11.7 Å². The smallest absolute Gasteiger partial charge is 0.136 e. The summed E-state index contributed by atoms with van der Waals surface area (Å²) in [6.07, 6.45) is 4.03. The van der Waals surface area contributed by atoms with Crippen molar-refractivity contribution in [3.63, 3.8) is 0 Å². The second-order valence-corrected chi connectivity index (χ2v) is 3.53. The van der Waals surface area contributed by atoms with Gasteiger partial charge in [0.05, 0.1) is 6.61 Å². The summed E-state index contributed by atoms with van der Waals surface area (Å²) >= 11 is 0. The normalized spacial score (nSPS) is 33.8. The van der Waals surface area contributed by atoms with Gasteiger partial charge in [0.1, 0.15) is 11.7 Å². The van der Waals surface area contributed by atoms with Crippen LogP contribution in [0.25, 0.3) is 0 Å². The van der Waals surface area contributed by atoms with Gasteiger partial charge in [-0.15, -0.1) is 0 Å². The summed E-state index contributed by atoms with van der Waals surface area (Å²) in [5.41, 5.74) is 1.77. The Labute approximate surface area is 76.5 Å². The minimum Gasteiger partial charge on any atom is -0.393 e. The van der Waals surface area contributed by atoms with Gasteiger partial charge in [-0.1, -0.05) is 30.3 Å². The SMILES string of the molecule is OC[C@]12C=C[C@H](O1)c1ccccc12. The Bertz CT molecular complexity index is 383. The molecule has 0 saturated heterocycles. The van der Waals surface area contributed by atoms with Crippen molar-refractivity contribution < 1.29 is 9.84 Å². The molecule has 2 aliphatic rings. The molecule has 0 saturated carbocycles. The summed E-state index contributed by atoms with van der Waals surface area (Å²) in [7, 11) is 0. The standard InChI is InChI=1S/C11H10O2/c12-7-11-6-5-10(13-11)8-3-1-2-4-9(8)11/h1-6,10,12H,7H2/t10-,11-/m0/s1. The molecule has 0 unspecified atom stereocenters. The molecular formula is C11H10O2. The molecule has 0 aliphatic carbocycles. The van der Waals surface area contributed by atoms with E-state index in [1.165, 1.54) is 5.56 Å². The van der Waals surface area contributed by atoms with Crippen LogP contribution in [0.1, 0.15) is 17.2 Å². The first-order valence-corrected chi connectivity index (χ1v) is 4.43. The van der Waals surface area contributed by atoms with E-state index in [4.69, 9.17) is 4.74 Å². The van der Waals surface area contributed by atoms with Gasteiger partial charge in [-0.2, -0.15) is 0 Å². The van der Waals surface area contributed by atoms with E-state index in [2.05, 4.69) is 6.07 Å². The molecule has 2 heterocycles. The number of hydrogen-bond acceptors (Lipinski definition) is 2. The Kier molecular flexibility index (Phi) is 1.25. The maximum absolute atomic E-state index is 9.31. The summed E-state index contributed by atoms with van der Waals surface area (Å²) in [6.45, 7) is 0.0248. The maximum Gasteiger partial charge on any atom is 0.136 e. The predicted molar refractivity (Wildman–Crippen MR) is 48.2 cm³/mol. The molecule has 1 aromatic carbocycles. The van der Waals surface area contributed by atoms with Crippen LogP contribution in [0.5, 0.6) is 0 Å². The van der Waals surface area contributed by atoms with E-state index in [-0.39, 0.29) is 12.7 Å². The first-order valence-electron chi connectivity index (χ1n) is 4.43. The fraction of sp³-hybridized carbons (Fsp3) is 0.273. The van der Waals surface area contributed by atoms with Gasteiger partial charge in [-0.3, -0.25) is 0 Å². The number of aliphatic hydroxyl groups is 1. The Morgan fingerprint density at radius 1 is 1.38 bits per heavy atom. The Balaban J connectivity index is 2.25. The molecule has 1 N–H and O–H groups in total. The third kappa shape index (κ3) is 0.747. The Morgan fingerprint density at radius 3 is 3.08 bits per heavy atom. The number of hydrogen-bond donors (Lipinski definition) is 1. The molecule has 2 heteroatoms. The van der Waals surface area contributed by atoms with Gasteiger partial charge < -0.3 is 9.84 Å². The van der Waals surface area contributed by atoms with E-state index in [9.17, 15) is 5.11 Å². The average molecular weight is 174 g/mol. The molecular weight excluding hydrogens is 164 g/mol. The molecule has 0 spiro atoms. The van der Waals surface area contributed by atoms with Gasteiger partial charge in [0, 0.05) is 0 Å². The minimum atomic E-state index is -0.540. The molecule has 0 fully saturated rings. The van der Waals surface area contributed by atoms with Crippen molar-refractivity contribution in [1.82, 2.24) is 0 Å².